The molecule has 0 aromatic carbocycles. The Kier molecular flexibility index (Phi) is 15.4. The van der Waals surface area contributed by atoms with E-state index in [-0.39, 0.29) is 0 Å². The number of nitrogens with one attached hydrogen (secondary N) is 1. The highest BCUT2D eigenvalue weighted by molar-refractivity contribution is 4.68. The molecule has 70 valence electrons. The molecular formula is C9H23NO. The van der Waals surface area contributed by atoms with Crippen molar-refractivity contribution in [1.82, 2.24) is 5.32 Å². The lowest BCUT2D eigenvalue weighted by Crippen LogP contribution is -2.11. The summed E-state index contributed by atoms with van der Waals surface area (Å²) in [5.74, 6) is 0.542. The van der Waals surface area contributed by atoms with Gasteiger partial charge in [-0.2, -0.15) is 0 Å². The van der Waals surface area contributed by atoms with E-state index in [9.17, 15) is 0 Å². The predicted octanol–water partition coefficient (Wildman–Crippen LogP) is 1.64. The molecule has 1 aliphatic heterocycles. The summed E-state index contributed by atoms with van der Waals surface area (Å²) in [5, 5.41) is 11.7. The Morgan fingerprint density at radius 1 is 1.27 bits per heavy atom. The summed E-state index contributed by atoms with van der Waals surface area (Å²) in [4.78, 5) is 0. The molecule has 0 saturated carbocycles. The highest BCUT2D eigenvalue weighted by Crippen LogP contribution is 2.03. The lowest BCUT2D eigenvalue weighted by atomic mass is 10.1. The highest BCUT2D eigenvalue weighted by Gasteiger charge is 2.11. The molecule has 0 spiro atoms. The minimum atomic E-state index is 0.354. The van der Waals surface area contributed by atoms with Gasteiger partial charge in [0.2, 0.25) is 0 Å². The van der Waals surface area contributed by atoms with E-state index in [0.29, 0.717) is 12.5 Å². The van der Waals surface area contributed by atoms with E-state index < -0.39 is 0 Å². The third kappa shape index (κ3) is 7.82. The molecule has 11 heavy (non-hydrogen) atoms. The third-order valence-corrected chi connectivity index (χ3v) is 1.42. The van der Waals surface area contributed by atoms with E-state index in [1.165, 1.54) is 0 Å². The molecule has 0 radical (unpaired) electrons. The van der Waals surface area contributed by atoms with Crippen LogP contribution in [0.3, 0.4) is 0 Å². The number of hydrogen-bond donors (Lipinski definition) is 2. The zero-order chi connectivity index (χ0) is 9.11. The molecule has 0 aromatic heterocycles. The van der Waals surface area contributed by atoms with Crippen LogP contribution in [0.2, 0.25) is 0 Å². The number of rotatable bonds is 1. The van der Waals surface area contributed by atoms with Crippen LogP contribution in [0.4, 0.5) is 0 Å². The van der Waals surface area contributed by atoms with Crippen molar-refractivity contribution in [2.24, 2.45) is 5.92 Å². The average Bonchev–Trinajstić information content (AvgIpc) is 2.63. The van der Waals surface area contributed by atoms with Crippen molar-refractivity contribution in [1.29, 1.82) is 0 Å². The topological polar surface area (TPSA) is 32.3 Å². The molecule has 1 rings (SSSR count). The fourth-order valence-corrected chi connectivity index (χ4v) is 0.870. The van der Waals surface area contributed by atoms with Gasteiger partial charge in [-0.25, -0.2) is 0 Å². The van der Waals surface area contributed by atoms with Gasteiger partial charge in [0.1, 0.15) is 0 Å². The maximum Gasteiger partial charge on any atom is 0.0471 e. The Hall–Kier alpha value is -0.0800. The van der Waals surface area contributed by atoms with Crippen LogP contribution in [0, 0.1) is 5.92 Å². The summed E-state index contributed by atoms with van der Waals surface area (Å²) in [6, 6.07) is 0. The normalized spacial score (nSPS) is 21.0. The molecule has 1 atom stereocenters. The first-order valence-corrected chi connectivity index (χ1v) is 4.75. The number of aliphatic hydroxyl groups is 1. The summed E-state index contributed by atoms with van der Waals surface area (Å²) >= 11 is 0. The molecule has 1 aliphatic rings. The van der Waals surface area contributed by atoms with Crippen molar-refractivity contribution in [3.8, 4) is 0 Å². The summed E-state index contributed by atoms with van der Waals surface area (Å²) in [6.07, 6.45) is 1.15. The molecule has 0 aromatic rings. The van der Waals surface area contributed by atoms with Gasteiger partial charge in [-0.1, -0.05) is 27.7 Å². The average molecular weight is 161 g/mol. The molecule has 2 N–H and O–H groups in total. The van der Waals surface area contributed by atoms with Crippen LogP contribution in [0.25, 0.3) is 0 Å². The molecule has 0 aliphatic carbocycles. The van der Waals surface area contributed by atoms with Gasteiger partial charge in [-0.05, 0) is 18.9 Å². The fraction of sp³-hybridized carbons (Fsp3) is 1.00. The van der Waals surface area contributed by atoms with Crippen molar-refractivity contribution in [3.05, 3.63) is 0 Å². The van der Waals surface area contributed by atoms with Crippen LogP contribution in [0.15, 0.2) is 0 Å². The maximum absolute atomic E-state index is 8.53. The van der Waals surface area contributed by atoms with E-state index in [1.54, 1.807) is 0 Å². The number of aliphatic hydroxyl groups excluding tert-OH is 1. The Labute approximate surface area is 71.0 Å². The smallest absolute Gasteiger partial charge is 0.0471 e. The summed E-state index contributed by atoms with van der Waals surface area (Å²) in [5.41, 5.74) is 0. The molecule has 2 heteroatoms. The van der Waals surface area contributed by atoms with E-state index in [2.05, 4.69) is 5.32 Å². The predicted molar refractivity (Wildman–Crippen MR) is 50.8 cm³/mol. The molecule has 1 saturated heterocycles. The Bertz CT molecular complexity index is 51.5. The maximum atomic E-state index is 8.53. The van der Waals surface area contributed by atoms with E-state index in [4.69, 9.17) is 5.11 Å². The van der Waals surface area contributed by atoms with Crippen molar-refractivity contribution in [3.63, 3.8) is 0 Å². The molecule has 0 amide bonds. The largest absolute Gasteiger partial charge is 0.396 e. The minimum absolute atomic E-state index is 0.354. The summed E-state index contributed by atoms with van der Waals surface area (Å²) < 4.78 is 0. The first kappa shape index (κ1) is 13.5. The lowest BCUT2D eigenvalue weighted by Gasteiger charge is -1.98. The van der Waals surface area contributed by atoms with Gasteiger partial charge in [-0.15, -0.1) is 0 Å². The zero-order valence-corrected chi connectivity index (χ0v) is 8.35. The van der Waals surface area contributed by atoms with Gasteiger partial charge < -0.3 is 10.4 Å². The molecular weight excluding hydrogens is 138 g/mol. The van der Waals surface area contributed by atoms with Crippen molar-refractivity contribution in [2.75, 3.05) is 19.7 Å². The van der Waals surface area contributed by atoms with Crippen molar-refractivity contribution >= 4 is 0 Å². The first-order valence-electron chi connectivity index (χ1n) is 4.75. The molecule has 0 bridgehead atoms. The van der Waals surface area contributed by atoms with Gasteiger partial charge in [0.15, 0.2) is 0 Å². The van der Waals surface area contributed by atoms with Crippen molar-refractivity contribution < 1.29 is 5.11 Å². The van der Waals surface area contributed by atoms with Crippen molar-refractivity contribution in [2.45, 2.75) is 34.1 Å². The quantitative estimate of drug-likeness (QED) is 0.613. The standard InChI is InChI=1S/C5H11NO.2C2H6/c7-4-5-1-2-6-3-5;2*1-2/h5-7H,1-4H2;2*1-2H3. The molecule has 1 fully saturated rings. The van der Waals surface area contributed by atoms with E-state index >= 15 is 0 Å². The van der Waals surface area contributed by atoms with Gasteiger partial charge in [-0.3, -0.25) is 0 Å². The van der Waals surface area contributed by atoms with Crippen LogP contribution in [-0.2, 0) is 0 Å². The second-order valence-corrected chi connectivity index (χ2v) is 2.04. The SMILES string of the molecule is CC.CC.OCC1CCNC1. The van der Waals surface area contributed by atoms with Gasteiger partial charge in [0, 0.05) is 13.2 Å². The zero-order valence-electron chi connectivity index (χ0n) is 8.35. The second-order valence-electron chi connectivity index (χ2n) is 2.04. The highest BCUT2D eigenvalue weighted by atomic mass is 16.3. The molecule has 2 nitrogen and oxygen atoms in total. The Balaban J connectivity index is 0. The number of hydrogen-bond acceptors (Lipinski definition) is 2. The van der Waals surface area contributed by atoms with Gasteiger partial charge >= 0.3 is 0 Å². The first-order chi connectivity index (χ1) is 5.43. The van der Waals surface area contributed by atoms with Gasteiger partial charge in [0.25, 0.3) is 0 Å². The molecule has 1 heterocycles. The third-order valence-electron chi connectivity index (χ3n) is 1.42. The summed E-state index contributed by atoms with van der Waals surface area (Å²) in [7, 11) is 0. The second kappa shape index (κ2) is 12.6. The fourth-order valence-electron chi connectivity index (χ4n) is 0.870. The van der Waals surface area contributed by atoms with Crippen LogP contribution in [0.5, 0.6) is 0 Å². The van der Waals surface area contributed by atoms with Crippen LogP contribution in [-0.4, -0.2) is 24.8 Å². The Morgan fingerprint density at radius 3 is 2.00 bits per heavy atom. The van der Waals surface area contributed by atoms with Crippen LogP contribution >= 0.6 is 0 Å². The lowest BCUT2D eigenvalue weighted by molar-refractivity contribution is 0.237. The van der Waals surface area contributed by atoms with Crippen LogP contribution < -0.4 is 5.32 Å². The van der Waals surface area contributed by atoms with Gasteiger partial charge in [0.05, 0.1) is 0 Å². The van der Waals surface area contributed by atoms with Crippen LogP contribution in [0.1, 0.15) is 34.1 Å². The summed E-state index contributed by atoms with van der Waals surface area (Å²) in [6.45, 7) is 10.5. The Morgan fingerprint density at radius 2 is 1.82 bits per heavy atom. The minimum Gasteiger partial charge on any atom is -0.396 e. The molecule has 1 unspecified atom stereocenters. The monoisotopic (exact) mass is 161 g/mol. The van der Waals surface area contributed by atoms with E-state index in [0.717, 1.165) is 19.5 Å². The van der Waals surface area contributed by atoms with E-state index in [1.807, 2.05) is 27.7 Å².